The topological polar surface area (TPSA) is 44.1 Å². The van der Waals surface area contributed by atoms with Gasteiger partial charge in [0.2, 0.25) is 0 Å². The molecule has 2 aromatic carbocycles. The summed E-state index contributed by atoms with van der Waals surface area (Å²) in [6, 6.07) is 15.4. The van der Waals surface area contributed by atoms with Crippen molar-refractivity contribution in [2.45, 2.75) is 31.3 Å². The molecule has 1 amide bonds. The Morgan fingerprint density at radius 2 is 1.91 bits per heavy atom. The molecule has 1 saturated carbocycles. The Morgan fingerprint density at radius 3 is 2.52 bits per heavy atom. The lowest BCUT2D eigenvalue weighted by atomic mass is 10.00. The summed E-state index contributed by atoms with van der Waals surface area (Å²) >= 11 is 6.19. The molecule has 0 aromatic heterocycles. The maximum atomic E-state index is 13.1. The van der Waals surface area contributed by atoms with Gasteiger partial charge in [0.25, 0.3) is 5.91 Å². The zero-order valence-electron chi connectivity index (χ0n) is 12.7. The highest BCUT2D eigenvalue weighted by Crippen LogP contribution is 2.57. The standard InChI is InChI=1S/C19H15ClN2O/c1-12-15(20)8-7-14-16(11-21)22(18(23)17(12)14)19(9-10-19)13-5-3-2-4-6-13/h2-8,16H,9-10H2,1H3. The van der Waals surface area contributed by atoms with Gasteiger partial charge in [0.15, 0.2) is 0 Å². The fourth-order valence-electron chi connectivity index (χ4n) is 3.70. The molecule has 0 spiro atoms. The molecule has 0 bridgehead atoms. The summed E-state index contributed by atoms with van der Waals surface area (Å²) < 4.78 is 0. The van der Waals surface area contributed by atoms with Crippen LogP contribution in [0.4, 0.5) is 0 Å². The molecule has 114 valence electrons. The first-order chi connectivity index (χ1) is 11.1. The van der Waals surface area contributed by atoms with Crippen LogP contribution >= 0.6 is 11.6 Å². The van der Waals surface area contributed by atoms with Gasteiger partial charge in [0, 0.05) is 10.6 Å². The van der Waals surface area contributed by atoms with E-state index in [2.05, 4.69) is 6.07 Å². The minimum atomic E-state index is -0.545. The normalized spacial score (nSPS) is 21.0. The van der Waals surface area contributed by atoms with Gasteiger partial charge < -0.3 is 4.90 Å². The third kappa shape index (κ3) is 1.85. The van der Waals surface area contributed by atoms with E-state index in [4.69, 9.17) is 11.6 Å². The van der Waals surface area contributed by atoms with Crippen LogP contribution in [0.2, 0.25) is 5.02 Å². The number of halogens is 1. The second-order valence-electron chi connectivity index (χ2n) is 6.24. The summed E-state index contributed by atoms with van der Waals surface area (Å²) in [5.41, 5.74) is 2.90. The van der Waals surface area contributed by atoms with E-state index in [1.165, 1.54) is 0 Å². The highest BCUT2D eigenvalue weighted by molar-refractivity contribution is 6.32. The molecule has 1 heterocycles. The van der Waals surface area contributed by atoms with Crippen molar-refractivity contribution in [2.24, 2.45) is 0 Å². The Balaban J connectivity index is 1.87. The Hall–Kier alpha value is -2.31. The van der Waals surface area contributed by atoms with Crippen molar-refractivity contribution in [3.05, 3.63) is 69.7 Å². The number of nitriles is 1. The number of carbonyl (C=O) groups is 1. The molecule has 3 nitrogen and oxygen atoms in total. The first kappa shape index (κ1) is 14.3. The molecule has 23 heavy (non-hydrogen) atoms. The monoisotopic (exact) mass is 322 g/mol. The fourth-order valence-corrected chi connectivity index (χ4v) is 3.86. The van der Waals surface area contributed by atoms with Gasteiger partial charge in [-0.3, -0.25) is 4.79 Å². The molecule has 4 rings (SSSR count). The maximum Gasteiger partial charge on any atom is 0.256 e. The van der Waals surface area contributed by atoms with Crippen molar-refractivity contribution in [3.63, 3.8) is 0 Å². The number of fused-ring (bicyclic) bond motifs is 1. The summed E-state index contributed by atoms with van der Waals surface area (Å²) in [5, 5.41) is 10.3. The van der Waals surface area contributed by atoms with Gasteiger partial charge >= 0.3 is 0 Å². The molecule has 1 fully saturated rings. The highest BCUT2D eigenvalue weighted by atomic mass is 35.5. The first-order valence-electron chi connectivity index (χ1n) is 7.68. The number of nitrogens with zero attached hydrogens (tertiary/aromatic N) is 2. The predicted molar refractivity (Wildman–Crippen MR) is 88.1 cm³/mol. The van der Waals surface area contributed by atoms with Crippen LogP contribution in [0, 0.1) is 18.3 Å². The van der Waals surface area contributed by atoms with E-state index < -0.39 is 6.04 Å². The van der Waals surface area contributed by atoms with E-state index in [1.807, 2.05) is 43.3 Å². The molecule has 2 aromatic rings. The van der Waals surface area contributed by atoms with Gasteiger partial charge in [-0.05, 0) is 37.0 Å². The summed E-state index contributed by atoms with van der Waals surface area (Å²) in [7, 11) is 0. The molecule has 2 aliphatic rings. The number of rotatable bonds is 2. The molecule has 0 radical (unpaired) electrons. The van der Waals surface area contributed by atoms with Crippen LogP contribution in [-0.4, -0.2) is 10.8 Å². The SMILES string of the molecule is Cc1c(Cl)ccc2c1C(=O)N(C1(c3ccccc3)CC1)C2C#N. The van der Waals surface area contributed by atoms with Crippen molar-refractivity contribution in [2.75, 3.05) is 0 Å². The van der Waals surface area contributed by atoms with Gasteiger partial charge in [-0.15, -0.1) is 0 Å². The van der Waals surface area contributed by atoms with E-state index >= 15 is 0 Å². The number of benzene rings is 2. The van der Waals surface area contributed by atoms with Crippen molar-refractivity contribution in [3.8, 4) is 6.07 Å². The van der Waals surface area contributed by atoms with E-state index in [0.717, 1.165) is 29.5 Å². The molecule has 1 aliphatic heterocycles. The lowest BCUT2D eigenvalue weighted by molar-refractivity contribution is 0.0635. The fraction of sp³-hybridized carbons (Fsp3) is 0.263. The van der Waals surface area contributed by atoms with Crippen molar-refractivity contribution < 1.29 is 4.79 Å². The second kappa shape index (κ2) is 4.84. The quantitative estimate of drug-likeness (QED) is 0.824. The summed E-state index contributed by atoms with van der Waals surface area (Å²) in [6.07, 6.45) is 1.78. The van der Waals surface area contributed by atoms with Gasteiger partial charge in [-0.1, -0.05) is 48.0 Å². The van der Waals surface area contributed by atoms with Crippen LogP contribution in [0.15, 0.2) is 42.5 Å². The minimum absolute atomic E-state index is 0.0760. The van der Waals surface area contributed by atoms with Crippen LogP contribution in [0.25, 0.3) is 0 Å². The largest absolute Gasteiger partial charge is 0.309 e. The minimum Gasteiger partial charge on any atom is -0.309 e. The Kier molecular flexibility index (Phi) is 3.01. The van der Waals surface area contributed by atoms with E-state index in [1.54, 1.807) is 11.0 Å². The zero-order valence-corrected chi connectivity index (χ0v) is 13.5. The molecular formula is C19H15ClN2O. The zero-order chi connectivity index (χ0) is 16.2. The number of hydrogen-bond donors (Lipinski definition) is 0. The van der Waals surface area contributed by atoms with Gasteiger partial charge in [0.05, 0.1) is 17.2 Å². The lowest BCUT2D eigenvalue weighted by Gasteiger charge is -2.31. The summed E-state index contributed by atoms with van der Waals surface area (Å²) in [6.45, 7) is 1.85. The number of hydrogen-bond acceptors (Lipinski definition) is 2. The Labute approximate surface area is 140 Å². The molecule has 0 saturated heterocycles. The summed E-state index contributed by atoms with van der Waals surface area (Å²) in [5.74, 6) is -0.0760. The Morgan fingerprint density at radius 1 is 1.22 bits per heavy atom. The van der Waals surface area contributed by atoms with Crippen LogP contribution in [0.1, 0.15) is 45.9 Å². The molecule has 1 atom stereocenters. The third-order valence-electron chi connectivity index (χ3n) is 5.03. The lowest BCUT2D eigenvalue weighted by Crippen LogP contribution is -2.38. The third-order valence-corrected chi connectivity index (χ3v) is 5.44. The van der Waals surface area contributed by atoms with Crippen molar-refractivity contribution in [1.82, 2.24) is 4.90 Å². The molecular weight excluding hydrogens is 308 g/mol. The van der Waals surface area contributed by atoms with Crippen molar-refractivity contribution in [1.29, 1.82) is 5.26 Å². The van der Waals surface area contributed by atoms with Crippen molar-refractivity contribution >= 4 is 17.5 Å². The van der Waals surface area contributed by atoms with Gasteiger partial charge in [0.1, 0.15) is 6.04 Å². The van der Waals surface area contributed by atoms with Crippen LogP contribution in [0.3, 0.4) is 0 Å². The number of amides is 1. The van der Waals surface area contributed by atoms with Gasteiger partial charge in [-0.25, -0.2) is 0 Å². The molecule has 1 unspecified atom stereocenters. The molecule has 1 aliphatic carbocycles. The van der Waals surface area contributed by atoms with E-state index in [9.17, 15) is 10.1 Å². The van der Waals surface area contributed by atoms with E-state index in [-0.39, 0.29) is 11.4 Å². The molecule has 4 heteroatoms. The first-order valence-corrected chi connectivity index (χ1v) is 8.06. The average molecular weight is 323 g/mol. The highest BCUT2D eigenvalue weighted by Gasteiger charge is 2.57. The van der Waals surface area contributed by atoms with Gasteiger partial charge in [-0.2, -0.15) is 5.26 Å². The average Bonchev–Trinajstić information content (AvgIpc) is 3.31. The summed E-state index contributed by atoms with van der Waals surface area (Å²) in [4.78, 5) is 14.9. The van der Waals surface area contributed by atoms with Crippen LogP contribution in [-0.2, 0) is 5.54 Å². The Bertz CT molecular complexity index is 850. The van der Waals surface area contributed by atoms with E-state index in [0.29, 0.717) is 10.6 Å². The van der Waals surface area contributed by atoms with Crippen LogP contribution < -0.4 is 0 Å². The number of carbonyl (C=O) groups excluding carboxylic acids is 1. The maximum absolute atomic E-state index is 13.1. The van der Waals surface area contributed by atoms with Crippen LogP contribution in [0.5, 0.6) is 0 Å². The second-order valence-corrected chi connectivity index (χ2v) is 6.65. The molecule has 0 N–H and O–H groups in total. The smallest absolute Gasteiger partial charge is 0.256 e. The predicted octanol–water partition coefficient (Wildman–Crippen LogP) is 4.36.